The van der Waals surface area contributed by atoms with E-state index >= 15 is 0 Å². The normalized spacial score (nSPS) is 14.6. The topological polar surface area (TPSA) is 40.5 Å². The van der Waals surface area contributed by atoms with Crippen LogP contribution in [0, 0.1) is 0 Å². The van der Waals surface area contributed by atoms with Crippen LogP contribution < -0.4 is 0 Å². The fourth-order valence-electron chi connectivity index (χ4n) is 0.410. The Balaban J connectivity index is 3.10. The highest BCUT2D eigenvalue weighted by atomic mass is 32.1. The minimum Gasteiger partial charge on any atom is -0.368 e. The van der Waals surface area contributed by atoms with Crippen LogP contribution in [0.4, 0.5) is 0 Å². The summed E-state index contributed by atoms with van der Waals surface area (Å²) in [5, 5.41) is 16.8. The summed E-state index contributed by atoms with van der Waals surface area (Å²) in [6, 6.07) is 0. The lowest BCUT2D eigenvalue weighted by Crippen LogP contribution is -2.11. The first kappa shape index (κ1) is 8.27. The summed E-state index contributed by atoms with van der Waals surface area (Å²) >= 11 is 4.05. The van der Waals surface area contributed by atoms with E-state index in [9.17, 15) is 0 Å². The molecule has 0 heterocycles. The molecule has 0 bridgehead atoms. The Morgan fingerprint density at radius 3 is 2.12 bits per heavy atom. The lowest BCUT2D eigenvalue weighted by molar-refractivity contribution is -0.0450. The zero-order valence-electron chi connectivity index (χ0n) is 4.91. The molecule has 2 nitrogen and oxygen atoms in total. The molecular weight excluding hydrogens is 124 g/mol. The smallest absolute Gasteiger partial charge is 0.152 e. The fourth-order valence-corrected chi connectivity index (χ4v) is 0.599. The van der Waals surface area contributed by atoms with Gasteiger partial charge in [-0.15, -0.1) is 0 Å². The van der Waals surface area contributed by atoms with Crippen LogP contribution in [0.25, 0.3) is 0 Å². The van der Waals surface area contributed by atoms with Gasteiger partial charge in [0, 0.05) is 11.7 Å². The van der Waals surface area contributed by atoms with Crippen LogP contribution in [-0.2, 0) is 0 Å². The number of aliphatic hydroxyl groups is 2. The highest BCUT2D eigenvalue weighted by molar-refractivity contribution is 7.80. The van der Waals surface area contributed by atoms with Crippen molar-refractivity contribution in [2.45, 2.75) is 31.3 Å². The van der Waals surface area contributed by atoms with Crippen molar-refractivity contribution in [3.05, 3.63) is 0 Å². The summed E-state index contributed by atoms with van der Waals surface area (Å²) in [5.41, 5.74) is 0. The van der Waals surface area contributed by atoms with E-state index in [1.165, 1.54) is 0 Å². The average molecular weight is 136 g/mol. The minimum absolute atomic E-state index is 0.120. The predicted molar refractivity (Wildman–Crippen MR) is 35.9 cm³/mol. The van der Waals surface area contributed by atoms with Gasteiger partial charge in [0.15, 0.2) is 6.29 Å². The fraction of sp³-hybridized carbons (Fsp3) is 1.00. The highest BCUT2D eigenvalue weighted by Gasteiger charge is 2.03. The molecule has 1 unspecified atom stereocenters. The molecule has 8 heavy (non-hydrogen) atoms. The van der Waals surface area contributed by atoms with E-state index < -0.39 is 6.29 Å². The van der Waals surface area contributed by atoms with Crippen molar-refractivity contribution in [1.82, 2.24) is 0 Å². The van der Waals surface area contributed by atoms with Gasteiger partial charge in [-0.3, -0.25) is 0 Å². The molecule has 0 saturated carbocycles. The van der Waals surface area contributed by atoms with Gasteiger partial charge in [-0.05, 0) is 6.42 Å². The minimum atomic E-state index is -1.20. The van der Waals surface area contributed by atoms with Crippen molar-refractivity contribution >= 4 is 12.6 Å². The van der Waals surface area contributed by atoms with E-state index in [-0.39, 0.29) is 5.25 Å². The van der Waals surface area contributed by atoms with Crippen LogP contribution in [0.3, 0.4) is 0 Å². The van der Waals surface area contributed by atoms with Gasteiger partial charge in [0.05, 0.1) is 0 Å². The summed E-state index contributed by atoms with van der Waals surface area (Å²) in [6.07, 6.45) is 0.0396. The molecule has 0 radical (unpaired) electrons. The maximum atomic E-state index is 8.36. The van der Waals surface area contributed by atoms with Gasteiger partial charge < -0.3 is 10.2 Å². The summed E-state index contributed by atoms with van der Waals surface area (Å²) in [5.74, 6) is 0. The van der Waals surface area contributed by atoms with Gasteiger partial charge in [-0.1, -0.05) is 6.92 Å². The van der Waals surface area contributed by atoms with E-state index in [0.29, 0.717) is 6.42 Å². The van der Waals surface area contributed by atoms with Gasteiger partial charge in [0.2, 0.25) is 0 Å². The Morgan fingerprint density at radius 1 is 1.50 bits per heavy atom. The molecule has 0 rings (SSSR count). The zero-order valence-corrected chi connectivity index (χ0v) is 5.80. The molecule has 1 atom stereocenters. The molecule has 0 aliphatic heterocycles. The Bertz CT molecular complexity index is 56.4. The van der Waals surface area contributed by atoms with Gasteiger partial charge >= 0.3 is 0 Å². The van der Waals surface area contributed by atoms with Crippen molar-refractivity contribution in [2.75, 3.05) is 0 Å². The summed E-state index contributed by atoms with van der Waals surface area (Å²) < 4.78 is 0. The van der Waals surface area contributed by atoms with Crippen LogP contribution in [0.2, 0.25) is 0 Å². The molecule has 0 aliphatic carbocycles. The van der Waals surface area contributed by atoms with E-state index in [1.807, 2.05) is 6.92 Å². The van der Waals surface area contributed by atoms with Crippen LogP contribution in [-0.4, -0.2) is 21.8 Å². The second kappa shape index (κ2) is 4.18. The molecule has 0 aliphatic rings. The number of rotatable bonds is 3. The summed E-state index contributed by atoms with van der Waals surface area (Å²) in [7, 11) is 0. The molecule has 0 aromatic rings. The van der Waals surface area contributed by atoms with Crippen molar-refractivity contribution in [3.63, 3.8) is 0 Å². The first-order valence-corrected chi connectivity index (χ1v) is 3.22. The monoisotopic (exact) mass is 136 g/mol. The van der Waals surface area contributed by atoms with E-state index in [4.69, 9.17) is 10.2 Å². The maximum absolute atomic E-state index is 8.36. The van der Waals surface area contributed by atoms with Crippen LogP contribution in [0.15, 0.2) is 0 Å². The van der Waals surface area contributed by atoms with E-state index in [2.05, 4.69) is 12.6 Å². The number of hydrogen-bond acceptors (Lipinski definition) is 3. The molecule has 3 heteroatoms. The van der Waals surface area contributed by atoms with Crippen LogP contribution >= 0.6 is 12.6 Å². The first-order valence-electron chi connectivity index (χ1n) is 2.71. The molecule has 0 saturated heterocycles. The predicted octanol–water partition coefficient (Wildman–Crippen LogP) is 0.396. The summed E-state index contributed by atoms with van der Waals surface area (Å²) in [4.78, 5) is 0. The summed E-state index contributed by atoms with van der Waals surface area (Å²) in [6.45, 7) is 1.96. The van der Waals surface area contributed by atoms with Crippen molar-refractivity contribution in [3.8, 4) is 0 Å². The lowest BCUT2D eigenvalue weighted by atomic mass is 10.2. The van der Waals surface area contributed by atoms with Crippen molar-refractivity contribution < 1.29 is 10.2 Å². The quantitative estimate of drug-likeness (QED) is 0.388. The number of hydrogen-bond donors (Lipinski definition) is 3. The third-order valence-corrected chi connectivity index (χ3v) is 1.53. The van der Waals surface area contributed by atoms with Gasteiger partial charge in [-0.2, -0.15) is 12.6 Å². The second-order valence-corrected chi connectivity index (χ2v) is 2.51. The Hall–Kier alpha value is 0.270. The largest absolute Gasteiger partial charge is 0.368 e. The lowest BCUT2D eigenvalue weighted by Gasteiger charge is -2.07. The Labute approximate surface area is 54.9 Å². The third-order valence-electron chi connectivity index (χ3n) is 0.954. The van der Waals surface area contributed by atoms with Crippen LogP contribution in [0.5, 0.6) is 0 Å². The van der Waals surface area contributed by atoms with Gasteiger partial charge in [-0.25, -0.2) is 0 Å². The van der Waals surface area contributed by atoms with Crippen molar-refractivity contribution in [2.24, 2.45) is 0 Å². The Morgan fingerprint density at radius 2 is 2.00 bits per heavy atom. The SMILES string of the molecule is CCC(S)CC(O)O. The molecule has 0 amide bonds. The average Bonchev–Trinajstić information content (AvgIpc) is 1.65. The van der Waals surface area contributed by atoms with Gasteiger partial charge in [0.25, 0.3) is 0 Å². The van der Waals surface area contributed by atoms with E-state index in [1.54, 1.807) is 0 Å². The van der Waals surface area contributed by atoms with Crippen molar-refractivity contribution in [1.29, 1.82) is 0 Å². The molecule has 0 spiro atoms. The number of thiol groups is 1. The molecule has 0 aromatic carbocycles. The standard InChI is InChI=1S/C5H12O2S/c1-2-4(8)3-5(6)7/h4-8H,2-3H2,1H3. The Kier molecular flexibility index (Phi) is 4.32. The molecule has 0 aromatic heterocycles. The molecule has 0 fully saturated rings. The van der Waals surface area contributed by atoms with Gasteiger partial charge in [0.1, 0.15) is 0 Å². The zero-order chi connectivity index (χ0) is 6.57. The first-order chi connectivity index (χ1) is 3.66. The van der Waals surface area contributed by atoms with Crippen LogP contribution in [0.1, 0.15) is 19.8 Å². The molecule has 50 valence electrons. The third kappa shape index (κ3) is 4.43. The number of aliphatic hydroxyl groups excluding tert-OH is 1. The molecule has 2 N–H and O–H groups in total. The van der Waals surface area contributed by atoms with E-state index in [0.717, 1.165) is 6.42 Å². The second-order valence-electron chi connectivity index (χ2n) is 1.78. The highest BCUT2D eigenvalue weighted by Crippen LogP contribution is 2.06. The molecular formula is C5H12O2S. The maximum Gasteiger partial charge on any atom is 0.152 e.